The molecule has 1 aromatic carbocycles. The first-order valence-electron chi connectivity index (χ1n) is 7.03. The van der Waals surface area contributed by atoms with E-state index in [1.165, 1.54) is 6.33 Å². The molecule has 120 valence electrons. The number of primary amides is 1. The third-order valence-electron chi connectivity index (χ3n) is 3.56. The molecule has 2 N–H and O–H groups in total. The van der Waals surface area contributed by atoms with Gasteiger partial charge in [-0.2, -0.15) is 4.57 Å². The van der Waals surface area contributed by atoms with Crippen molar-refractivity contribution in [2.75, 3.05) is 0 Å². The van der Waals surface area contributed by atoms with Gasteiger partial charge in [0.05, 0.1) is 15.7 Å². The van der Waals surface area contributed by atoms with Crippen LogP contribution < -0.4 is 10.3 Å². The quantitative estimate of drug-likeness (QED) is 0.730. The van der Waals surface area contributed by atoms with Crippen molar-refractivity contribution in [2.24, 2.45) is 12.8 Å². The van der Waals surface area contributed by atoms with Gasteiger partial charge >= 0.3 is 0 Å². The van der Waals surface area contributed by atoms with Crippen molar-refractivity contribution in [3.63, 3.8) is 0 Å². The monoisotopic (exact) mass is 359 g/mol. The Morgan fingerprint density at radius 1 is 1.04 bits per heavy atom. The molecule has 3 aromatic rings. The van der Waals surface area contributed by atoms with Crippen molar-refractivity contribution >= 4 is 29.1 Å². The molecule has 2 heterocycles. The number of pyridine rings is 1. The minimum Gasteiger partial charge on any atom is -0.365 e. The van der Waals surface area contributed by atoms with E-state index in [1.54, 1.807) is 35.0 Å². The number of carbonyl (C=O) groups is 1. The van der Waals surface area contributed by atoms with Crippen LogP contribution in [0.5, 0.6) is 0 Å². The van der Waals surface area contributed by atoms with Crippen LogP contribution in [0, 0.1) is 0 Å². The van der Waals surface area contributed by atoms with Gasteiger partial charge in [-0.25, -0.2) is 9.97 Å². The SMILES string of the molecule is C[n+]1cc(C(N)=O)ccc1-c1cc(-c2ccc(Cl)c(Cl)c2)ncn1. The van der Waals surface area contributed by atoms with E-state index in [2.05, 4.69) is 9.97 Å². The zero-order chi connectivity index (χ0) is 17.3. The van der Waals surface area contributed by atoms with E-state index in [0.29, 0.717) is 21.3 Å². The lowest BCUT2D eigenvalue weighted by Crippen LogP contribution is -2.33. The van der Waals surface area contributed by atoms with E-state index < -0.39 is 5.91 Å². The lowest BCUT2D eigenvalue weighted by molar-refractivity contribution is -0.660. The molecule has 2 aromatic heterocycles. The molecule has 0 aliphatic carbocycles. The number of hydrogen-bond acceptors (Lipinski definition) is 3. The smallest absolute Gasteiger partial charge is 0.254 e. The lowest BCUT2D eigenvalue weighted by atomic mass is 10.1. The van der Waals surface area contributed by atoms with Gasteiger partial charge in [-0.3, -0.25) is 4.79 Å². The third kappa shape index (κ3) is 3.22. The van der Waals surface area contributed by atoms with Crippen molar-refractivity contribution in [3.8, 4) is 22.6 Å². The number of amides is 1. The van der Waals surface area contributed by atoms with Gasteiger partial charge in [-0.1, -0.05) is 29.3 Å². The molecule has 24 heavy (non-hydrogen) atoms. The van der Waals surface area contributed by atoms with Crippen LogP contribution in [-0.2, 0) is 7.05 Å². The average Bonchev–Trinajstić information content (AvgIpc) is 2.57. The number of halogens is 2. The lowest BCUT2D eigenvalue weighted by Gasteiger charge is -2.05. The molecule has 0 fully saturated rings. The van der Waals surface area contributed by atoms with E-state index >= 15 is 0 Å². The van der Waals surface area contributed by atoms with Crippen LogP contribution in [0.1, 0.15) is 10.4 Å². The summed E-state index contributed by atoms with van der Waals surface area (Å²) in [4.78, 5) is 19.8. The topological polar surface area (TPSA) is 72.8 Å². The van der Waals surface area contributed by atoms with Crippen molar-refractivity contribution in [3.05, 3.63) is 64.5 Å². The Morgan fingerprint density at radius 3 is 2.46 bits per heavy atom. The van der Waals surface area contributed by atoms with Gasteiger partial charge in [0.15, 0.2) is 6.20 Å². The van der Waals surface area contributed by atoms with Crippen LogP contribution in [0.3, 0.4) is 0 Å². The molecule has 0 spiro atoms. The van der Waals surface area contributed by atoms with E-state index in [1.807, 2.05) is 19.2 Å². The van der Waals surface area contributed by atoms with Crippen LogP contribution in [0.4, 0.5) is 0 Å². The number of rotatable bonds is 3. The highest BCUT2D eigenvalue weighted by atomic mass is 35.5. The zero-order valence-electron chi connectivity index (χ0n) is 12.7. The highest BCUT2D eigenvalue weighted by molar-refractivity contribution is 6.42. The molecule has 0 aliphatic rings. The summed E-state index contributed by atoms with van der Waals surface area (Å²) in [5.74, 6) is -0.476. The van der Waals surface area contributed by atoms with Gasteiger partial charge < -0.3 is 5.73 Å². The van der Waals surface area contributed by atoms with E-state index in [4.69, 9.17) is 28.9 Å². The van der Waals surface area contributed by atoms with Crippen LogP contribution in [0.25, 0.3) is 22.6 Å². The second kappa shape index (κ2) is 6.55. The number of hydrogen-bond donors (Lipinski definition) is 1. The number of aryl methyl sites for hydroxylation is 1. The number of carbonyl (C=O) groups excluding carboxylic acids is 1. The number of benzene rings is 1. The molecule has 0 bridgehead atoms. The first-order valence-corrected chi connectivity index (χ1v) is 7.78. The Bertz CT molecular complexity index is 944. The van der Waals surface area contributed by atoms with Crippen LogP contribution in [-0.4, -0.2) is 15.9 Å². The first kappa shape index (κ1) is 16.4. The van der Waals surface area contributed by atoms with Gasteiger partial charge in [0.1, 0.15) is 24.6 Å². The van der Waals surface area contributed by atoms with Gasteiger partial charge in [-0.05, 0) is 24.3 Å². The van der Waals surface area contributed by atoms with E-state index in [0.717, 1.165) is 17.0 Å². The van der Waals surface area contributed by atoms with E-state index in [-0.39, 0.29) is 0 Å². The summed E-state index contributed by atoms with van der Waals surface area (Å²) in [5, 5.41) is 0.953. The fraction of sp³-hybridized carbons (Fsp3) is 0.0588. The Hall–Kier alpha value is -2.50. The Labute approximate surface area is 148 Å². The summed E-state index contributed by atoms with van der Waals surface area (Å²) >= 11 is 12.0. The second-order valence-corrected chi connectivity index (χ2v) is 6.01. The number of nitrogens with two attached hydrogens (primary N) is 1. The molecule has 1 amide bonds. The summed E-state index contributed by atoms with van der Waals surface area (Å²) in [6.45, 7) is 0. The summed E-state index contributed by atoms with van der Waals surface area (Å²) in [6, 6.07) is 10.6. The molecular weight excluding hydrogens is 347 g/mol. The molecule has 0 saturated heterocycles. The Morgan fingerprint density at radius 2 is 1.79 bits per heavy atom. The highest BCUT2D eigenvalue weighted by Crippen LogP contribution is 2.28. The van der Waals surface area contributed by atoms with Crippen molar-refractivity contribution in [2.45, 2.75) is 0 Å². The first-order chi connectivity index (χ1) is 11.5. The molecule has 3 rings (SSSR count). The molecule has 7 heteroatoms. The molecule has 0 saturated carbocycles. The van der Waals surface area contributed by atoms with Crippen molar-refractivity contribution in [1.82, 2.24) is 9.97 Å². The predicted molar refractivity (Wildman–Crippen MR) is 92.6 cm³/mol. The van der Waals surface area contributed by atoms with Crippen LogP contribution in [0.2, 0.25) is 10.0 Å². The molecule has 0 unspecified atom stereocenters. The summed E-state index contributed by atoms with van der Waals surface area (Å²) < 4.78 is 1.79. The fourth-order valence-electron chi connectivity index (χ4n) is 2.33. The van der Waals surface area contributed by atoms with Gasteiger partial charge in [0.25, 0.3) is 5.91 Å². The summed E-state index contributed by atoms with van der Waals surface area (Å²) in [7, 11) is 1.82. The van der Waals surface area contributed by atoms with Gasteiger partial charge in [0.2, 0.25) is 5.69 Å². The summed E-state index contributed by atoms with van der Waals surface area (Å²) in [5.41, 5.74) is 8.82. The third-order valence-corrected chi connectivity index (χ3v) is 4.30. The van der Waals surface area contributed by atoms with Crippen molar-refractivity contribution in [1.29, 1.82) is 0 Å². The maximum Gasteiger partial charge on any atom is 0.254 e. The fourth-order valence-corrected chi connectivity index (χ4v) is 2.63. The minimum absolute atomic E-state index is 0.431. The van der Waals surface area contributed by atoms with E-state index in [9.17, 15) is 4.79 Å². The average molecular weight is 360 g/mol. The van der Waals surface area contributed by atoms with Crippen LogP contribution >= 0.6 is 23.2 Å². The highest BCUT2D eigenvalue weighted by Gasteiger charge is 2.15. The molecule has 0 atom stereocenters. The van der Waals surface area contributed by atoms with Gasteiger partial charge in [-0.15, -0.1) is 0 Å². The Kier molecular flexibility index (Phi) is 4.46. The second-order valence-electron chi connectivity index (χ2n) is 5.20. The van der Waals surface area contributed by atoms with Crippen LogP contribution in [0.15, 0.2) is 48.9 Å². The maximum absolute atomic E-state index is 11.3. The number of nitrogens with zero attached hydrogens (tertiary/aromatic N) is 3. The molecule has 0 radical (unpaired) electrons. The molecular formula is C17H13Cl2N4O+. The normalized spacial score (nSPS) is 10.6. The molecule has 0 aliphatic heterocycles. The number of aromatic nitrogens is 3. The molecule has 5 nitrogen and oxygen atoms in total. The largest absolute Gasteiger partial charge is 0.365 e. The predicted octanol–water partition coefficient (Wildman–Crippen LogP) is 3.04. The maximum atomic E-state index is 11.3. The standard InChI is InChI=1S/C17H12Cl2N4O/c1-23-8-11(17(20)24)3-5-16(23)15-7-14(21-9-22-15)10-2-4-12(18)13(19)6-10/h2-9H,1H3,(H-,20,24)/p+1. The Balaban J connectivity index is 2.05. The minimum atomic E-state index is -0.476. The van der Waals surface area contributed by atoms with Gasteiger partial charge in [0, 0.05) is 11.6 Å². The summed E-state index contributed by atoms with van der Waals surface area (Å²) in [6.07, 6.45) is 3.15. The zero-order valence-corrected chi connectivity index (χ0v) is 14.2. The van der Waals surface area contributed by atoms with Crippen molar-refractivity contribution < 1.29 is 9.36 Å².